The molecule has 0 aliphatic carbocycles. The number of aromatic hydroxyl groups is 1. The summed E-state index contributed by atoms with van der Waals surface area (Å²) in [6.07, 6.45) is 1.41. The molecule has 0 spiro atoms. The first-order valence-electron chi connectivity index (χ1n) is 10.4. The molecule has 0 radical (unpaired) electrons. The zero-order chi connectivity index (χ0) is 23.0. The van der Waals surface area contributed by atoms with Crippen molar-refractivity contribution in [3.63, 3.8) is 0 Å². The Balaban J connectivity index is 1.34. The van der Waals surface area contributed by atoms with E-state index in [2.05, 4.69) is 25.8 Å². The van der Waals surface area contributed by atoms with Crippen molar-refractivity contribution in [1.82, 2.24) is 15.4 Å². The molecule has 8 heteroatoms. The highest BCUT2D eigenvalue weighted by atomic mass is 16.5. The van der Waals surface area contributed by atoms with Crippen molar-refractivity contribution in [2.75, 3.05) is 11.9 Å². The van der Waals surface area contributed by atoms with Crippen LogP contribution in [0.2, 0.25) is 0 Å². The first-order chi connectivity index (χ1) is 16.1. The molecule has 0 aliphatic rings. The van der Waals surface area contributed by atoms with Crippen LogP contribution in [0.3, 0.4) is 0 Å². The number of benzene rings is 3. The number of aromatic nitrogens is 2. The fraction of sp³-hybridized carbons (Fsp3) is 0.120. The number of carbonyl (C=O) groups excluding carboxylic acids is 1. The maximum absolute atomic E-state index is 12.2. The van der Waals surface area contributed by atoms with Gasteiger partial charge in [0.15, 0.2) is 6.61 Å². The van der Waals surface area contributed by atoms with Gasteiger partial charge >= 0.3 is 0 Å². The van der Waals surface area contributed by atoms with E-state index in [1.165, 1.54) is 6.21 Å². The Bertz CT molecular complexity index is 1290. The van der Waals surface area contributed by atoms with E-state index in [-0.39, 0.29) is 18.2 Å². The third-order valence-electron chi connectivity index (χ3n) is 4.81. The molecule has 8 nitrogen and oxygen atoms in total. The lowest BCUT2D eigenvalue weighted by atomic mass is 10.0. The van der Waals surface area contributed by atoms with Crippen LogP contribution in [0.5, 0.6) is 11.6 Å². The standard InChI is InChI=1S/C25H23N5O3/c1-17-13-24(29-25(28-17)26-14-18-7-3-2-4-8-18)33-16-23(32)30-27-15-21-20-10-6-5-9-19(20)11-12-22(21)31/h2-13,15,31H,14,16H2,1H3,(H,30,32)(H,26,28,29). The minimum absolute atomic E-state index is 0.0786. The Morgan fingerprint density at radius 3 is 2.70 bits per heavy atom. The summed E-state index contributed by atoms with van der Waals surface area (Å²) < 4.78 is 5.51. The number of phenolic OH excluding ortho intramolecular Hbond substituents is 1. The van der Waals surface area contributed by atoms with Crippen molar-refractivity contribution in [1.29, 1.82) is 0 Å². The molecule has 4 rings (SSSR count). The lowest BCUT2D eigenvalue weighted by Crippen LogP contribution is -2.25. The number of carbonyl (C=O) groups is 1. The minimum atomic E-state index is -0.457. The van der Waals surface area contributed by atoms with E-state index in [1.54, 1.807) is 12.1 Å². The second kappa shape index (κ2) is 10.2. The molecule has 3 N–H and O–H groups in total. The molecule has 1 heterocycles. The summed E-state index contributed by atoms with van der Waals surface area (Å²) >= 11 is 0. The topological polar surface area (TPSA) is 109 Å². The number of phenols is 1. The van der Waals surface area contributed by atoms with Gasteiger partial charge in [-0.05, 0) is 29.3 Å². The van der Waals surface area contributed by atoms with Crippen LogP contribution < -0.4 is 15.5 Å². The second-order valence-corrected chi connectivity index (χ2v) is 7.31. The van der Waals surface area contributed by atoms with Gasteiger partial charge in [-0.1, -0.05) is 60.7 Å². The molecule has 0 atom stereocenters. The van der Waals surface area contributed by atoms with E-state index >= 15 is 0 Å². The Kier molecular flexibility index (Phi) is 6.75. The third kappa shape index (κ3) is 5.82. The summed E-state index contributed by atoms with van der Waals surface area (Å²) in [6, 6.07) is 22.6. The van der Waals surface area contributed by atoms with E-state index in [0.29, 0.717) is 23.8 Å². The van der Waals surface area contributed by atoms with Crippen LogP contribution in [0, 0.1) is 6.92 Å². The van der Waals surface area contributed by atoms with E-state index in [9.17, 15) is 9.90 Å². The zero-order valence-corrected chi connectivity index (χ0v) is 18.0. The Morgan fingerprint density at radius 2 is 1.85 bits per heavy atom. The van der Waals surface area contributed by atoms with Gasteiger partial charge in [0.25, 0.3) is 5.91 Å². The number of nitrogens with one attached hydrogen (secondary N) is 2. The first kappa shape index (κ1) is 21.8. The molecule has 0 saturated carbocycles. The van der Waals surface area contributed by atoms with Crippen LogP contribution in [-0.2, 0) is 11.3 Å². The molecule has 33 heavy (non-hydrogen) atoms. The van der Waals surface area contributed by atoms with Crippen molar-refractivity contribution in [2.24, 2.45) is 5.10 Å². The number of nitrogens with zero attached hydrogens (tertiary/aromatic N) is 3. The van der Waals surface area contributed by atoms with E-state index < -0.39 is 5.91 Å². The summed E-state index contributed by atoms with van der Waals surface area (Å²) in [5, 5.41) is 19.0. The molecule has 3 aromatic carbocycles. The normalized spacial score (nSPS) is 10.9. The first-order valence-corrected chi connectivity index (χ1v) is 10.4. The van der Waals surface area contributed by atoms with Gasteiger partial charge in [-0.15, -0.1) is 0 Å². The average Bonchev–Trinajstić information content (AvgIpc) is 2.83. The fourth-order valence-corrected chi connectivity index (χ4v) is 3.23. The van der Waals surface area contributed by atoms with Gasteiger partial charge in [0.2, 0.25) is 11.8 Å². The molecule has 0 unspecified atom stereocenters. The van der Waals surface area contributed by atoms with E-state index in [1.807, 2.05) is 67.6 Å². The Hall–Kier alpha value is -4.46. The SMILES string of the molecule is Cc1cc(OCC(=O)NN=Cc2c(O)ccc3ccccc23)nc(NCc2ccccc2)n1. The summed E-state index contributed by atoms with van der Waals surface area (Å²) in [5.41, 5.74) is 4.73. The van der Waals surface area contributed by atoms with Crippen LogP contribution in [0.25, 0.3) is 10.8 Å². The van der Waals surface area contributed by atoms with Gasteiger partial charge in [0.05, 0.1) is 6.21 Å². The van der Waals surface area contributed by atoms with Crippen LogP contribution in [-0.4, -0.2) is 33.8 Å². The third-order valence-corrected chi connectivity index (χ3v) is 4.81. The van der Waals surface area contributed by atoms with Gasteiger partial charge in [0, 0.05) is 23.9 Å². The molecule has 0 saturated heterocycles. The van der Waals surface area contributed by atoms with Crippen LogP contribution in [0.4, 0.5) is 5.95 Å². The van der Waals surface area contributed by atoms with Crippen LogP contribution in [0.1, 0.15) is 16.8 Å². The number of hydrogen-bond acceptors (Lipinski definition) is 7. The molecule has 166 valence electrons. The van der Waals surface area contributed by atoms with Crippen LogP contribution in [0.15, 0.2) is 77.9 Å². The number of amides is 1. The highest BCUT2D eigenvalue weighted by molar-refractivity contribution is 6.02. The van der Waals surface area contributed by atoms with Gasteiger partial charge < -0.3 is 15.2 Å². The van der Waals surface area contributed by atoms with Gasteiger partial charge in [0.1, 0.15) is 5.75 Å². The summed E-state index contributed by atoms with van der Waals surface area (Å²) in [6.45, 7) is 2.12. The predicted octanol–water partition coefficient (Wildman–Crippen LogP) is 3.79. The van der Waals surface area contributed by atoms with Crippen molar-refractivity contribution < 1.29 is 14.6 Å². The summed E-state index contributed by atoms with van der Waals surface area (Å²) in [7, 11) is 0. The number of rotatable bonds is 8. The molecule has 0 aliphatic heterocycles. The van der Waals surface area contributed by atoms with Crippen LogP contribution >= 0.6 is 0 Å². The molecule has 4 aromatic rings. The molecule has 0 bridgehead atoms. The van der Waals surface area contributed by atoms with Crippen molar-refractivity contribution in [3.8, 4) is 11.6 Å². The van der Waals surface area contributed by atoms with Crippen molar-refractivity contribution in [3.05, 3.63) is 89.6 Å². The highest BCUT2D eigenvalue weighted by Gasteiger charge is 2.08. The second-order valence-electron chi connectivity index (χ2n) is 7.31. The van der Waals surface area contributed by atoms with Crippen molar-refractivity contribution in [2.45, 2.75) is 13.5 Å². The largest absolute Gasteiger partial charge is 0.507 e. The summed E-state index contributed by atoms with van der Waals surface area (Å²) in [5.74, 6) is 0.318. The minimum Gasteiger partial charge on any atom is -0.507 e. The number of ether oxygens (including phenoxy) is 1. The molecular formula is C25H23N5O3. The maximum atomic E-state index is 12.2. The number of anilines is 1. The average molecular weight is 441 g/mol. The van der Waals surface area contributed by atoms with E-state index in [4.69, 9.17) is 4.74 Å². The number of hydrogen-bond donors (Lipinski definition) is 3. The predicted molar refractivity (Wildman–Crippen MR) is 127 cm³/mol. The zero-order valence-electron chi connectivity index (χ0n) is 18.0. The van der Waals surface area contributed by atoms with Crippen molar-refractivity contribution >= 4 is 28.8 Å². The Labute approximate surface area is 191 Å². The number of hydrazone groups is 1. The fourth-order valence-electron chi connectivity index (χ4n) is 3.23. The quantitative estimate of drug-likeness (QED) is 0.284. The maximum Gasteiger partial charge on any atom is 0.278 e. The Morgan fingerprint density at radius 1 is 1.06 bits per heavy atom. The lowest BCUT2D eigenvalue weighted by molar-refractivity contribution is -0.123. The lowest BCUT2D eigenvalue weighted by Gasteiger charge is -2.09. The number of aryl methyl sites for hydroxylation is 1. The smallest absolute Gasteiger partial charge is 0.278 e. The molecule has 1 aromatic heterocycles. The molecular weight excluding hydrogens is 418 g/mol. The monoisotopic (exact) mass is 441 g/mol. The molecule has 1 amide bonds. The van der Waals surface area contributed by atoms with Gasteiger partial charge in [-0.25, -0.2) is 10.4 Å². The molecule has 0 fully saturated rings. The van der Waals surface area contributed by atoms with E-state index in [0.717, 1.165) is 16.3 Å². The number of fused-ring (bicyclic) bond motifs is 1. The van der Waals surface area contributed by atoms with Gasteiger partial charge in [-0.3, -0.25) is 4.79 Å². The van der Waals surface area contributed by atoms with Gasteiger partial charge in [-0.2, -0.15) is 10.1 Å². The summed E-state index contributed by atoms with van der Waals surface area (Å²) in [4.78, 5) is 20.8. The highest BCUT2D eigenvalue weighted by Crippen LogP contribution is 2.25.